The monoisotopic (exact) mass is 313 g/mol. The standard InChI is InChI=1S/C18H19NO4/c1-13(23-12-15-5-3-2-4-6-15)19-17(18(21)22)11-14-7-9-16(20)10-8-14/h2-10,17,19-20H,1,11-12H2,(H,21,22)/t17-/m0/s1. The van der Waals surface area contributed by atoms with E-state index in [0.29, 0.717) is 6.61 Å². The van der Waals surface area contributed by atoms with Crippen LogP contribution in [0.2, 0.25) is 0 Å². The molecule has 2 rings (SSSR count). The number of carboxylic acids is 1. The average Bonchev–Trinajstić information content (AvgIpc) is 2.55. The molecule has 0 heterocycles. The van der Waals surface area contributed by atoms with E-state index in [0.717, 1.165) is 11.1 Å². The topological polar surface area (TPSA) is 78.8 Å². The van der Waals surface area contributed by atoms with Gasteiger partial charge in [-0.3, -0.25) is 0 Å². The number of rotatable bonds is 8. The highest BCUT2D eigenvalue weighted by atomic mass is 16.5. The van der Waals surface area contributed by atoms with E-state index in [-0.39, 0.29) is 18.1 Å². The first-order chi connectivity index (χ1) is 11.0. The van der Waals surface area contributed by atoms with Gasteiger partial charge < -0.3 is 20.3 Å². The zero-order chi connectivity index (χ0) is 16.7. The minimum Gasteiger partial charge on any atom is -0.508 e. The van der Waals surface area contributed by atoms with E-state index in [2.05, 4.69) is 11.9 Å². The van der Waals surface area contributed by atoms with Crippen LogP contribution < -0.4 is 5.32 Å². The molecule has 0 bridgehead atoms. The molecule has 0 aromatic heterocycles. The van der Waals surface area contributed by atoms with Crippen LogP contribution in [0.1, 0.15) is 11.1 Å². The Morgan fingerprint density at radius 3 is 2.35 bits per heavy atom. The summed E-state index contributed by atoms with van der Waals surface area (Å²) < 4.78 is 5.46. The third-order valence-corrected chi connectivity index (χ3v) is 3.27. The van der Waals surface area contributed by atoms with Crippen molar-refractivity contribution in [3.63, 3.8) is 0 Å². The van der Waals surface area contributed by atoms with E-state index in [4.69, 9.17) is 4.74 Å². The second kappa shape index (κ2) is 7.89. The number of nitrogens with one attached hydrogen (secondary N) is 1. The largest absolute Gasteiger partial charge is 0.508 e. The number of aliphatic carboxylic acids is 1. The maximum Gasteiger partial charge on any atom is 0.326 e. The van der Waals surface area contributed by atoms with Crippen LogP contribution in [0.15, 0.2) is 67.1 Å². The highest BCUT2D eigenvalue weighted by Gasteiger charge is 2.18. The number of benzene rings is 2. The molecule has 1 atom stereocenters. The lowest BCUT2D eigenvalue weighted by atomic mass is 10.1. The van der Waals surface area contributed by atoms with E-state index in [1.54, 1.807) is 12.1 Å². The Morgan fingerprint density at radius 2 is 1.74 bits per heavy atom. The van der Waals surface area contributed by atoms with E-state index >= 15 is 0 Å². The molecule has 2 aromatic carbocycles. The van der Waals surface area contributed by atoms with Crippen molar-refractivity contribution in [2.24, 2.45) is 0 Å². The average molecular weight is 313 g/mol. The Morgan fingerprint density at radius 1 is 1.09 bits per heavy atom. The van der Waals surface area contributed by atoms with Crippen LogP contribution in [-0.2, 0) is 22.6 Å². The summed E-state index contributed by atoms with van der Waals surface area (Å²) in [6.45, 7) is 4.03. The van der Waals surface area contributed by atoms with Gasteiger partial charge in [-0.1, -0.05) is 42.5 Å². The SMILES string of the molecule is C=C(N[C@@H](Cc1ccc(O)cc1)C(=O)O)OCc1ccccc1. The van der Waals surface area contributed by atoms with Crippen molar-refractivity contribution in [2.75, 3.05) is 0 Å². The molecule has 0 saturated carbocycles. The first-order valence-electron chi connectivity index (χ1n) is 7.17. The van der Waals surface area contributed by atoms with Crippen LogP contribution in [0.5, 0.6) is 5.75 Å². The van der Waals surface area contributed by atoms with Crippen molar-refractivity contribution in [1.82, 2.24) is 5.32 Å². The number of ether oxygens (including phenoxy) is 1. The quantitative estimate of drug-likeness (QED) is 0.653. The van der Waals surface area contributed by atoms with Gasteiger partial charge in [-0.2, -0.15) is 0 Å². The Kier molecular flexibility index (Phi) is 5.63. The molecule has 0 fully saturated rings. The van der Waals surface area contributed by atoms with Crippen molar-refractivity contribution in [3.05, 3.63) is 78.2 Å². The molecule has 120 valence electrons. The van der Waals surface area contributed by atoms with Crippen LogP contribution in [0.3, 0.4) is 0 Å². The maximum atomic E-state index is 11.4. The summed E-state index contributed by atoms with van der Waals surface area (Å²) in [5.74, 6) is -0.647. The normalized spacial score (nSPS) is 11.5. The number of hydrogen-bond acceptors (Lipinski definition) is 4. The van der Waals surface area contributed by atoms with Crippen molar-refractivity contribution in [1.29, 1.82) is 0 Å². The molecule has 2 aromatic rings. The fourth-order valence-corrected chi connectivity index (χ4v) is 2.05. The molecule has 5 nitrogen and oxygen atoms in total. The summed E-state index contributed by atoms with van der Waals surface area (Å²) in [4.78, 5) is 11.4. The van der Waals surface area contributed by atoms with Gasteiger partial charge in [0.2, 0.25) is 0 Å². The Balaban J connectivity index is 1.89. The lowest BCUT2D eigenvalue weighted by molar-refractivity contribution is -0.139. The molecular weight excluding hydrogens is 294 g/mol. The molecule has 0 aliphatic rings. The zero-order valence-corrected chi connectivity index (χ0v) is 12.6. The van der Waals surface area contributed by atoms with Gasteiger partial charge in [0, 0.05) is 6.42 Å². The summed E-state index contributed by atoms with van der Waals surface area (Å²) >= 11 is 0. The smallest absolute Gasteiger partial charge is 0.326 e. The number of phenols is 1. The Hall–Kier alpha value is -2.95. The number of hydrogen-bond donors (Lipinski definition) is 3. The van der Waals surface area contributed by atoms with Gasteiger partial charge >= 0.3 is 5.97 Å². The van der Waals surface area contributed by atoms with Crippen LogP contribution >= 0.6 is 0 Å². The molecule has 3 N–H and O–H groups in total. The van der Waals surface area contributed by atoms with Crippen LogP contribution in [-0.4, -0.2) is 22.2 Å². The number of carboxylic acid groups (broad SMARTS) is 1. The molecule has 0 unspecified atom stereocenters. The van der Waals surface area contributed by atoms with Gasteiger partial charge in [0.05, 0.1) is 0 Å². The van der Waals surface area contributed by atoms with Crippen molar-refractivity contribution >= 4 is 5.97 Å². The van der Waals surface area contributed by atoms with Gasteiger partial charge in [-0.25, -0.2) is 4.79 Å². The fraction of sp³-hybridized carbons (Fsp3) is 0.167. The van der Waals surface area contributed by atoms with E-state index in [9.17, 15) is 15.0 Å². The summed E-state index contributed by atoms with van der Waals surface area (Å²) in [5.41, 5.74) is 1.76. The lowest BCUT2D eigenvalue weighted by Crippen LogP contribution is -2.38. The molecule has 23 heavy (non-hydrogen) atoms. The molecule has 0 aliphatic carbocycles. The van der Waals surface area contributed by atoms with E-state index in [1.165, 1.54) is 12.1 Å². The predicted octanol–water partition coefficient (Wildman–Crippen LogP) is 2.67. The minimum absolute atomic E-state index is 0.143. The number of phenolic OH excluding ortho intramolecular Hbond substituents is 1. The van der Waals surface area contributed by atoms with Gasteiger partial charge in [-0.05, 0) is 29.8 Å². The lowest BCUT2D eigenvalue weighted by Gasteiger charge is -2.18. The third kappa shape index (κ3) is 5.39. The Bertz CT molecular complexity index is 652. The summed E-state index contributed by atoms with van der Waals surface area (Å²) in [5, 5.41) is 21.3. The number of carbonyl (C=O) groups is 1. The van der Waals surface area contributed by atoms with Gasteiger partial charge in [0.1, 0.15) is 18.4 Å². The first-order valence-corrected chi connectivity index (χ1v) is 7.17. The molecule has 0 radical (unpaired) electrons. The van der Waals surface area contributed by atoms with Crippen molar-refractivity contribution < 1.29 is 19.7 Å². The highest BCUT2D eigenvalue weighted by molar-refractivity contribution is 5.74. The number of aromatic hydroxyl groups is 1. The summed E-state index contributed by atoms with van der Waals surface area (Å²) in [6, 6.07) is 15.1. The summed E-state index contributed by atoms with van der Waals surface area (Å²) in [6.07, 6.45) is 0.253. The van der Waals surface area contributed by atoms with Crippen molar-refractivity contribution in [2.45, 2.75) is 19.1 Å². The highest BCUT2D eigenvalue weighted by Crippen LogP contribution is 2.12. The maximum absolute atomic E-state index is 11.4. The zero-order valence-electron chi connectivity index (χ0n) is 12.6. The molecule has 0 spiro atoms. The first kappa shape index (κ1) is 16.4. The van der Waals surface area contributed by atoms with Gasteiger partial charge in [0.15, 0.2) is 5.88 Å². The van der Waals surface area contributed by atoms with Crippen LogP contribution in [0.25, 0.3) is 0 Å². The van der Waals surface area contributed by atoms with E-state index in [1.807, 2.05) is 30.3 Å². The molecular formula is C18H19NO4. The fourth-order valence-electron chi connectivity index (χ4n) is 2.05. The molecule has 0 aliphatic heterocycles. The summed E-state index contributed by atoms with van der Waals surface area (Å²) in [7, 11) is 0. The second-order valence-corrected chi connectivity index (χ2v) is 5.10. The molecule has 0 saturated heterocycles. The second-order valence-electron chi connectivity index (χ2n) is 5.10. The minimum atomic E-state index is -0.998. The Labute approximate surface area is 134 Å². The van der Waals surface area contributed by atoms with Crippen molar-refractivity contribution in [3.8, 4) is 5.75 Å². The molecule has 0 amide bonds. The predicted molar refractivity (Wildman–Crippen MR) is 86.7 cm³/mol. The van der Waals surface area contributed by atoms with Crippen LogP contribution in [0.4, 0.5) is 0 Å². The van der Waals surface area contributed by atoms with Gasteiger partial charge in [0.25, 0.3) is 0 Å². The van der Waals surface area contributed by atoms with Gasteiger partial charge in [-0.15, -0.1) is 0 Å². The third-order valence-electron chi connectivity index (χ3n) is 3.27. The van der Waals surface area contributed by atoms with E-state index < -0.39 is 12.0 Å². The van der Waals surface area contributed by atoms with Crippen LogP contribution in [0, 0.1) is 0 Å². The molecule has 5 heteroatoms.